The molecule has 1 N–H and O–H groups in total. The summed E-state index contributed by atoms with van der Waals surface area (Å²) in [5.41, 5.74) is 3.16. The Balaban J connectivity index is 2.00. The van der Waals surface area contributed by atoms with Gasteiger partial charge in [0.15, 0.2) is 0 Å². The average Bonchev–Trinajstić information content (AvgIpc) is 2.76. The van der Waals surface area contributed by atoms with Crippen molar-refractivity contribution in [3.63, 3.8) is 0 Å². The molecule has 1 fully saturated rings. The van der Waals surface area contributed by atoms with Crippen LogP contribution >= 0.6 is 15.9 Å². The van der Waals surface area contributed by atoms with Gasteiger partial charge in [-0.05, 0) is 47.4 Å². The lowest BCUT2D eigenvalue weighted by Crippen LogP contribution is -2.28. The molecule has 0 aliphatic carbocycles. The molecule has 0 spiro atoms. The summed E-state index contributed by atoms with van der Waals surface area (Å²) < 4.78 is 3.01. The summed E-state index contributed by atoms with van der Waals surface area (Å²) in [4.78, 5) is 4.42. The van der Waals surface area contributed by atoms with Gasteiger partial charge < -0.3 is 5.32 Å². The number of nitrogens with zero attached hydrogens (tertiary/aromatic N) is 3. The van der Waals surface area contributed by atoms with Gasteiger partial charge in [-0.3, -0.25) is 9.67 Å². The zero-order chi connectivity index (χ0) is 13.2. The number of aromatic nitrogens is 3. The number of hydrogen-bond donors (Lipinski definition) is 1. The molecule has 3 heterocycles. The summed E-state index contributed by atoms with van der Waals surface area (Å²) in [7, 11) is 1.98. The monoisotopic (exact) mass is 320 g/mol. The highest BCUT2D eigenvalue weighted by Crippen LogP contribution is 2.35. The van der Waals surface area contributed by atoms with Gasteiger partial charge in [-0.25, -0.2) is 0 Å². The van der Waals surface area contributed by atoms with E-state index in [-0.39, 0.29) is 0 Å². The van der Waals surface area contributed by atoms with E-state index in [1.807, 2.05) is 36.1 Å². The number of nitrogens with one attached hydrogen (secondary N) is 1. The zero-order valence-corrected chi connectivity index (χ0v) is 12.5. The summed E-state index contributed by atoms with van der Waals surface area (Å²) >= 11 is 3.72. The van der Waals surface area contributed by atoms with Crippen LogP contribution < -0.4 is 5.32 Å². The summed E-state index contributed by atoms with van der Waals surface area (Å²) in [5.74, 6) is 0.492. The molecule has 5 heteroatoms. The molecule has 100 valence electrons. The Morgan fingerprint density at radius 3 is 3.00 bits per heavy atom. The van der Waals surface area contributed by atoms with Crippen molar-refractivity contribution in [2.45, 2.75) is 18.8 Å². The quantitative estimate of drug-likeness (QED) is 0.925. The van der Waals surface area contributed by atoms with Crippen molar-refractivity contribution in [2.24, 2.45) is 7.05 Å². The maximum Gasteiger partial charge on any atom is 0.101 e. The van der Waals surface area contributed by atoms with Crippen LogP contribution in [0.25, 0.3) is 11.4 Å². The molecule has 1 aliphatic heterocycles. The molecule has 1 saturated heterocycles. The minimum Gasteiger partial charge on any atom is -0.316 e. The van der Waals surface area contributed by atoms with Crippen LogP contribution in [0.2, 0.25) is 0 Å². The van der Waals surface area contributed by atoms with Crippen molar-refractivity contribution in [2.75, 3.05) is 13.1 Å². The summed E-state index contributed by atoms with van der Waals surface area (Å²) in [6.07, 6.45) is 4.23. The maximum absolute atomic E-state index is 4.70. The van der Waals surface area contributed by atoms with Crippen LogP contribution in [0.3, 0.4) is 0 Å². The zero-order valence-electron chi connectivity index (χ0n) is 10.9. The maximum atomic E-state index is 4.70. The molecule has 2 aromatic rings. The Bertz CT molecular complexity index is 558. The Morgan fingerprint density at radius 2 is 2.32 bits per heavy atom. The lowest BCUT2D eigenvalue weighted by molar-refractivity contribution is 0.450. The van der Waals surface area contributed by atoms with Crippen molar-refractivity contribution >= 4 is 15.9 Å². The molecule has 0 saturated carbocycles. The smallest absolute Gasteiger partial charge is 0.101 e. The van der Waals surface area contributed by atoms with E-state index in [1.54, 1.807) is 0 Å². The van der Waals surface area contributed by atoms with E-state index in [1.165, 1.54) is 12.8 Å². The highest BCUT2D eigenvalue weighted by Gasteiger charge is 2.24. The lowest BCUT2D eigenvalue weighted by atomic mass is 9.96. The first-order valence-corrected chi connectivity index (χ1v) is 7.41. The fraction of sp³-hybridized carbons (Fsp3) is 0.429. The lowest BCUT2D eigenvalue weighted by Gasteiger charge is -2.21. The van der Waals surface area contributed by atoms with Crippen LogP contribution in [-0.4, -0.2) is 27.9 Å². The number of halogens is 1. The van der Waals surface area contributed by atoms with E-state index >= 15 is 0 Å². The fourth-order valence-corrected chi connectivity index (χ4v) is 3.51. The fourth-order valence-electron chi connectivity index (χ4n) is 2.65. The molecule has 0 radical (unpaired) electrons. The second-order valence-corrected chi connectivity index (χ2v) is 5.72. The summed E-state index contributed by atoms with van der Waals surface area (Å²) in [6, 6.07) is 5.95. The Morgan fingerprint density at radius 1 is 1.42 bits per heavy atom. The predicted octanol–water partition coefficient (Wildman–Crippen LogP) is 2.71. The van der Waals surface area contributed by atoms with Gasteiger partial charge in [0.2, 0.25) is 0 Å². The van der Waals surface area contributed by atoms with Crippen LogP contribution in [0.4, 0.5) is 0 Å². The molecule has 0 amide bonds. The van der Waals surface area contributed by atoms with Gasteiger partial charge in [0, 0.05) is 25.7 Å². The minimum absolute atomic E-state index is 0.492. The van der Waals surface area contributed by atoms with Gasteiger partial charge in [0.05, 0.1) is 15.9 Å². The molecule has 19 heavy (non-hydrogen) atoms. The van der Waals surface area contributed by atoms with Crippen LogP contribution in [0.1, 0.15) is 24.5 Å². The van der Waals surface area contributed by atoms with Crippen molar-refractivity contribution < 1.29 is 0 Å². The predicted molar refractivity (Wildman–Crippen MR) is 79.0 cm³/mol. The largest absolute Gasteiger partial charge is 0.316 e. The Kier molecular flexibility index (Phi) is 3.66. The highest BCUT2D eigenvalue weighted by molar-refractivity contribution is 9.10. The van der Waals surface area contributed by atoms with Crippen LogP contribution in [0.15, 0.2) is 28.9 Å². The van der Waals surface area contributed by atoms with Gasteiger partial charge in [-0.2, -0.15) is 5.10 Å². The number of pyridine rings is 1. The number of hydrogen-bond acceptors (Lipinski definition) is 3. The third-order valence-corrected chi connectivity index (χ3v) is 4.39. The van der Waals surface area contributed by atoms with Gasteiger partial charge in [-0.15, -0.1) is 0 Å². The second kappa shape index (κ2) is 5.43. The molecule has 2 aromatic heterocycles. The van der Waals surface area contributed by atoms with E-state index in [0.29, 0.717) is 5.92 Å². The Labute approximate surface area is 121 Å². The standard InChI is InChI=1S/C14H17BrN4/c1-19-14(11-6-2-3-8-17-11)12(15)13(18-19)10-5-4-7-16-9-10/h2-3,6,8,10,16H,4-5,7,9H2,1H3. The van der Waals surface area contributed by atoms with Crippen LogP contribution in [0.5, 0.6) is 0 Å². The van der Waals surface area contributed by atoms with Crippen LogP contribution in [-0.2, 0) is 7.05 Å². The molecule has 1 atom stereocenters. The summed E-state index contributed by atoms with van der Waals surface area (Å²) in [5, 5.41) is 8.14. The first-order chi connectivity index (χ1) is 9.27. The van der Waals surface area contributed by atoms with Gasteiger partial charge in [0.1, 0.15) is 5.69 Å². The summed E-state index contributed by atoms with van der Waals surface area (Å²) in [6.45, 7) is 2.13. The average molecular weight is 321 g/mol. The Hall–Kier alpha value is -1.20. The molecule has 3 rings (SSSR count). The molecule has 0 bridgehead atoms. The van der Waals surface area contributed by atoms with E-state index in [4.69, 9.17) is 5.10 Å². The van der Waals surface area contributed by atoms with Crippen molar-refractivity contribution in [3.05, 3.63) is 34.6 Å². The van der Waals surface area contributed by atoms with E-state index < -0.39 is 0 Å². The SMILES string of the molecule is Cn1nc(C2CCCNC2)c(Br)c1-c1ccccn1. The molecular weight excluding hydrogens is 304 g/mol. The second-order valence-electron chi connectivity index (χ2n) is 4.93. The third-order valence-electron chi connectivity index (χ3n) is 3.61. The van der Waals surface area contributed by atoms with E-state index in [0.717, 1.165) is 34.6 Å². The first kappa shape index (κ1) is 12.8. The molecule has 1 unspecified atom stereocenters. The molecule has 4 nitrogen and oxygen atoms in total. The van der Waals surface area contributed by atoms with E-state index in [9.17, 15) is 0 Å². The molecule has 1 aliphatic rings. The van der Waals surface area contributed by atoms with Crippen molar-refractivity contribution in [1.29, 1.82) is 0 Å². The minimum atomic E-state index is 0.492. The van der Waals surface area contributed by atoms with Crippen molar-refractivity contribution in [3.8, 4) is 11.4 Å². The van der Waals surface area contributed by atoms with Gasteiger partial charge >= 0.3 is 0 Å². The van der Waals surface area contributed by atoms with Gasteiger partial charge in [0.25, 0.3) is 0 Å². The number of aryl methyl sites for hydroxylation is 1. The molecule has 0 aromatic carbocycles. The first-order valence-electron chi connectivity index (χ1n) is 6.62. The number of piperidine rings is 1. The third kappa shape index (κ3) is 2.44. The number of rotatable bonds is 2. The van der Waals surface area contributed by atoms with Crippen molar-refractivity contribution in [1.82, 2.24) is 20.1 Å². The normalized spacial score (nSPS) is 19.6. The van der Waals surface area contributed by atoms with E-state index in [2.05, 4.69) is 26.2 Å². The topological polar surface area (TPSA) is 42.7 Å². The van der Waals surface area contributed by atoms with Gasteiger partial charge in [-0.1, -0.05) is 6.07 Å². The molecular formula is C14H17BrN4. The highest BCUT2D eigenvalue weighted by atomic mass is 79.9. The van der Waals surface area contributed by atoms with Crippen LogP contribution in [0, 0.1) is 0 Å².